The van der Waals surface area contributed by atoms with Crippen LogP contribution in [0.2, 0.25) is 0 Å². The van der Waals surface area contributed by atoms with Crippen molar-refractivity contribution in [1.82, 2.24) is 0 Å². The summed E-state index contributed by atoms with van der Waals surface area (Å²) in [6.45, 7) is 5.82. The van der Waals surface area contributed by atoms with E-state index in [4.69, 9.17) is 15.6 Å². The van der Waals surface area contributed by atoms with E-state index in [1.165, 1.54) is 0 Å². The van der Waals surface area contributed by atoms with Gasteiger partial charge in [0.1, 0.15) is 5.60 Å². The van der Waals surface area contributed by atoms with Crippen molar-refractivity contribution in [2.24, 2.45) is 5.73 Å². The highest BCUT2D eigenvalue weighted by atomic mass is 16.6. The third kappa shape index (κ3) is 5.28. The number of amides is 1. The molecule has 106 valence electrons. The summed E-state index contributed by atoms with van der Waals surface area (Å²) in [6.07, 6.45) is -0.488. The molecule has 0 spiro atoms. The Morgan fingerprint density at radius 3 is 2.37 bits per heavy atom. The maximum Gasteiger partial charge on any atom is 0.412 e. The fourth-order valence-electron chi connectivity index (χ4n) is 1.58. The minimum Gasteiger partial charge on any atom is -0.444 e. The van der Waals surface area contributed by atoms with Gasteiger partial charge in [0.15, 0.2) is 0 Å². The number of benzene rings is 1. The van der Waals surface area contributed by atoms with Gasteiger partial charge in [0.25, 0.3) is 0 Å². The molecule has 5 nitrogen and oxygen atoms in total. The van der Waals surface area contributed by atoms with Crippen LogP contribution in [0.1, 0.15) is 32.3 Å². The van der Waals surface area contributed by atoms with Crippen molar-refractivity contribution >= 4 is 11.8 Å². The first kappa shape index (κ1) is 15.5. The highest BCUT2D eigenvalue weighted by molar-refractivity contribution is 5.84. The fraction of sp³-hybridized carbons (Fsp3) is 0.500. The molecule has 1 aromatic carbocycles. The lowest BCUT2D eigenvalue weighted by atomic mass is 10.00. The first-order valence-electron chi connectivity index (χ1n) is 6.26. The second kappa shape index (κ2) is 6.54. The van der Waals surface area contributed by atoms with Gasteiger partial charge in [-0.2, -0.15) is 0 Å². The summed E-state index contributed by atoms with van der Waals surface area (Å²) in [5.74, 6) is -0.0735. The molecule has 0 saturated carbocycles. The molecule has 4 N–H and O–H groups in total. The lowest BCUT2D eigenvalue weighted by molar-refractivity contribution is 0.0636. The molecule has 19 heavy (non-hydrogen) atoms. The number of anilines is 1. The Morgan fingerprint density at radius 1 is 1.37 bits per heavy atom. The predicted molar refractivity (Wildman–Crippen MR) is 75.2 cm³/mol. The Hall–Kier alpha value is -1.59. The molecule has 0 bridgehead atoms. The standard InChI is InChI=1S/C14H22N2O3/c1-14(2,3)19-13(18)16-12-6-4-10(5-7-12)11(8-15)9-17/h4-7,11,17H,8-9,15H2,1-3H3,(H,16,18). The highest BCUT2D eigenvalue weighted by Crippen LogP contribution is 2.18. The van der Waals surface area contributed by atoms with E-state index in [1.54, 1.807) is 12.1 Å². The zero-order valence-electron chi connectivity index (χ0n) is 11.6. The Bertz CT molecular complexity index is 406. The van der Waals surface area contributed by atoms with Crippen molar-refractivity contribution in [3.8, 4) is 0 Å². The Morgan fingerprint density at radius 2 is 1.95 bits per heavy atom. The molecule has 1 atom stereocenters. The van der Waals surface area contributed by atoms with Gasteiger partial charge < -0.3 is 15.6 Å². The number of rotatable bonds is 4. The summed E-state index contributed by atoms with van der Waals surface area (Å²) in [6, 6.07) is 7.19. The number of nitrogens with one attached hydrogen (secondary N) is 1. The number of aliphatic hydroxyl groups excluding tert-OH is 1. The second-order valence-electron chi connectivity index (χ2n) is 5.36. The van der Waals surface area contributed by atoms with Crippen molar-refractivity contribution in [2.45, 2.75) is 32.3 Å². The number of hydrogen-bond acceptors (Lipinski definition) is 4. The number of nitrogens with two attached hydrogens (primary N) is 1. The number of carbonyl (C=O) groups excluding carboxylic acids is 1. The molecule has 0 fully saturated rings. The summed E-state index contributed by atoms with van der Waals surface area (Å²) in [7, 11) is 0. The summed E-state index contributed by atoms with van der Waals surface area (Å²) < 4.78 is 5.15. The quantitative estimate of drug-likeness (QED) is 0.779. The van der Waals surface area contributed by atoms with Crippen LogP contribution in [0.3, 0.4) is 0 Å². The molecular formula is C14H22N2O3. The molecule has 0 saturated heterocycles. The van der Waals surface area contributed by atoms with Crippen molar-refractivity contribution in [2.75, 3.05) is 18.5 Å². The zero-order chi connectivity index (χ0) is 14.5. The lowest BCUT2D eigenvalue weighted by Crippen LogP contribution is -2.27. The molecule has 1 unspecified atom stereocenters. The van der Waals surface area contributed by atoms with Crippen molar-refractivity contribution in [3.05, 3.63) is 29.8 Å². The lowest BCUT2D eigenvalue weighted by Gasteiger charge is -2.20. The van der Waals surface area contributed by atoms with E-state index in [2.05, 4.69) is 5.32 Å². The topological polar surface area (TPSA) is 84.6 Å². The monoisotopic (exact) mass is 266 g/mol. The molecule has 0 heterocycles. The van der Waals surface area contributed by atoms with E-state index in [0.717, 1.165) is 5.56 Å². The van der Waals surface area contributed by atoms with Gasteiger partial charge in [-0.25, -0.2) is 4.79 Å². The van der Waals surface area contributed by atoms with E-state index in [0.29, 0.717) is 12.2 Å². The average molecular weight is 266 g/mol. The van der Waals surface area contributed by atoms with Gasteiger partial charge in [0.05, 0.1) is 6.61 Å². The first-order valence-corrected chi connectivity index (χ1v) is 6.26. The fourth-order valence-corrected chi connectivity index (χ4v) is 1.58. The minimum atomic E-state index is -0.522. The van der Waals surface area contributed by atoms with Gasteiger partial charge in [0.2, 0.25) is 0 Å². The smallest absolute Gasteiger partial charge is 0.412 e. The SMILES string of the molecule is CC(C)(C)OC(=O)Nc1ccc(C(CN)CO)cc1. The van der Waals surface area contributed by atoms with Crippen LogP contribution in [-0.4, -0.2) is 30.0 Å². The Balaban J connectivity index is 2.64. The van der Waals surface area contributed by atoms with Crippen LogP contribution in [0.15, 0.2) is 24.3 Å². The largest absolute Gasteiger partial charge is 0.444 e. The van der Waals surface area contributed by atoms with E-state index in [9.17, 15) is 4.79 Å². The summed E-state index contributed by atoms with van der Waals surface area (Å²) >= 11 is 0. The van der Waals surface area contributed by atoms with Crippen LogP contribution >= 0.6 is 0 Å². The van der Waals surface area contributed by atoms with Gasteiger partial charge >= 0.3 is 6.09 Å². The van der Waals surface area contributed by atoms with Gasteiger partial charge in [-0.15, -0.1) is 0 Å². The molecule has 1 rings (SSSR count). The molecule has 0 aliphatic carbocycles. The van der Waals surface area contributed by atoms with Crippen LogP contribution in [0, 0.1) is 0 Å². The average Bonchev–Trinajstić information content (AvgIpc) is 2.30. The third-order valence-corrected chi connectivity index (χ3v) is 2.53. The summed E-state index contributed by atoms with van der Waals surface area (Å²) in [4.78, 5) is 11.6. The van der Waals surface area contributed by atoms with Gasteiger partial charge in [-0.05, 0) is 38.5 Å². The van der Waals surface area contributed by atoms with Gasteiger partial charge in [-0.1, -0.05) is 12.1 Å². The molecule has 0 radical (unpaired) electrons. The van der Waals surface area contributed by atoms with Crippen LogP contribution in [0.5, 0.6) is 0 Å². The van der Waals surface area contributed by atoms with Gasteiger partial charge in [0, 0.05) is 18.2 Å². The van der Waals surface area contributed by atoms with Crippen LogP contribution in [0.4, 0.5) is 10.5 Å². The molecule has 0 aliphatic heterocycles. The Labute approximate surface area is 113 Å². The summed E-state index contributed by atoms with van der Waals surface area (Å²) in [5, 5.41) is 11.8. The van der Waals surface area contributed by atoms with Crippen molar-refractivity contribution in [1.29, 1.82) is 0 Å². The molecule has 5 heteroatoms. The van der Waals surface area contributed by atoms with Gasteiger partial charge in [-0.3, -0.25) is 5.32 Å². The van der Waals surface area contributed by atoms with Crippen LogP contribution < -0.4 is 11.1 Å². The van der Waals surface area contributed by atoms with Crippen LogP contribution in [-0.2, 0) is 4.74 Å². The molecule has 1 amide bonds. The van der Waals surface area contributed by atoms with Crippen molar-refractivity contribution in [3.63, 3.8) is 0 Å². The van der Waals surface area contributed by atoms with E-state index in [-0.39, 0.29) is 12.5 Å². The highest BCUT2D eigenvalue weighted by Gasteiger charge is 2.16. The molecule has 1 aromatic rings. The number of hydrogen-bond donors (Lipinski definition) is 3. The second-order valence-corrected chi connectivity index (χ2v) is 5.36. The normalized spacial score (nSPS) is 12.9. The van der Waals surface area contributed by atoms with Crippen LogP contribution in [0.25, 0.3) is 0 Å². The van der Waals surface area contributed by atoms with E-state index < -0.39 is 11.7 Å². The zero-order valence-corrected chi connectivity index (χ0v) is 11.6. The number of carbonyl (C=O) groups is 1. The summed E-state index contributed by atoms with van der Waals surface area (Å²) in [5.41, 5.74) is 6.62. The van der Waals surface area contributed by atoms with E-state index >= 15 is 0 Å². The molecular weight excluding hydrogens is 244 g/mol. The minimum absolute atomic E-state index is 0.00927. The number of aliphatic hydroxyl groups is 1. The first-order chi connectivity index (χ1) is 8.85. The molecule has 0 aliphatic rings. The van der Waals surface area contributed by atoms with E-state index in [1.807, 2.05) is 32.9 Å². The maximum absolute atomic E-state index is 11.6. The Kier molecular flexibility index (Phi) is 5.32. The predicted octanol–water partition coefficient (Wildman–Crippen LogP) is 2.07. The molecule has 0 aromatic heterocycles. The maximum atomic E-state index is 11.6. The van der Waals surface area contributed by atoms with Crippen molar-refractivity contribution < 1.29 is 14.6 Å². The third-order valence-electron chi connectivity index (χ3n) is 2.53. The number of ether oxygens (including phenoxy) is 1.